The van der Waals surface area contributed by atoms with Crippen LogP contribution in [-0.4, -0.2) is 27.4 Å². The minimum absolute atomic E-state index is 0.0290. The number of benzene rings is 1. The van der Waals surface area contributed by atoms with Gasteiger partial charge in [0, 0.05) is 5.56 Å². The zero-order valence-corrected chi connectivity index (χ0v) is 10.6. The van der Waals surface area contributed by atoms with E-state index in [4.69, 9.17) is 8.92 Å². The molecule has 7 heteroatoms. The highest BCUT2D eigenvalue weighted by molar-refractivity contribution is 7.86. The second kappa shape index (κ2) is 4.25. The van der Waals surface area contributed by atoms with Crippen LogP contribution in [0.4, 0.5) is 8.78 Å². The van der Waals surface area contributed by atoms with Gasteiger partial charge in [-0.05, 0) is 25.1 Å². The van der Waals surface area contributed by atoms with Gasteiger partial charge in [-0.1, -0.05) is 0 Å². The van der Waals surface area contributed by atoms with E-state index in [2.05, 4.69) is 0 Å². The van der Waals surface area contributed by atoms with Gasteiger partial charge in [0.1, 0.15) is 23.3 Å². The second-order valence-electron chi connectivity index (χ2n) is 4.24. The summed E-state index contributed by atoms with van der Waals surface area (Å²) in [5.74, 6) is -1.27. The first-order valence-corrected chi connectivity index (χ1v) is 7.04. The molecule has 1 fully saturated rings. The van der Waals surface area contributed by atoms with E-state index in [0.717, 1.165) is 24.5 Å². The Morgan fingerprint density at radius 2 is 2.06 bits per heavy atom. The first kappa shape index (κ1) is 13.4. The Kier molecular flexibility index (Phi) is 3.16. The molecule has 100 valence electrons. The third kappa shape index (κ3) is 2.52. The number of hydrogen-bond acceptors (Lipinski definition) is 4. The van der Waals surface area contributed by atoms with Crippen molar-refractivity contribution in [3.63, 3.8) is 0 Å². The molecule has 0 amide bonds. The van der Waals surface area contributed by atoms with E-state index in [9.17, 15) is 17.2 Å². The number of hydrogen-bond donors (Lipinski definition) is 0. The van der Waals surface area contributed by atoms with Crippen molar-refractivity contribution in [2.75, 3.05) is 12.9 Å². The fourth-order valence-corrected chi connectivity index (χ4v) is 2.53. The van der Waals surface area contributed by atoms with E-state index in [-0.39, 0.29) is 12.2 Å². The lowest BCUT2D eigenvalue weighted by atomic mass is 9.94. The topological polar surface area (TPSA) is 55.9 Å². The van der Waals surface area contributed by atoms with Gasteiger partial charge in [-0.3, -0.25) is 4.18 Å². The lowest BCUT2D eigenvalue weighted by Crippen LogP contribution is -2.30. The van der Waals surface area contributed by atoms with Crippen molar-refractivity contribution in [3.05, 3.63) is 35.4 Å². The third-order valence-electron chi connectivity index (χ3n) is 2.82. The maximum atomic E-state index is 13.6. The monoisotopic (exact) mass is 278 g/mol. The molecule has 0 saturated carbocycles. The second-order valence-corrected chi connectivity index (χ2v) is 5.85. The Morgan fingerprint density at radius 3 is 2.56 bits per heavy atom. The molecule has 4 nitrogen and oxygen atoms in total. The lowest BCUT2D eigenvalue weighted by molar-refractivity contribution is 0.114. The van der Waals surface area contributed by atoms with Crippen molar-refractivity contribution in [1.29, 1.82) is 0 Å². The molecule has 0 N–H and O–H groups in total. The van der Waals surface area contributed by atoms with E-state index >= 15 is 0 Å². The molecule has 0 radical (unpaired) electrons. The van der Waals surface area contributed by atoms with Gasteiger partial charge in [-0.2, -0.15) is 8.42 Å². The molecule has 1 heterocycles. The van der Waals surface area contributed by atoms with Crippen LogP contribution in [-0.2, 0) is 24.6 Å². The first-order chi connectivity index (χ1) is 8.24. The van der Waals surface area contributed by atoms with Crippen LogP contribution in [0.1, 0.15) is 12.5 Å². The summed E-state index contributed by atoms with van der Waals surface area (Å²) in [7, 11) is -3.69. The van der Waals surface area contributed by atoms with Crippen molar-refractivity contribution in [2.45, 2.75) is 18.6 Å². The highest BCUT2D eigenvalue weighted by Gasteiger charge is 2.54. The predicted octanol–water partition coefficient (Wildman–Crippen LogP) is 1.56. The molecule has 18 heavy (non-hydrogen) atoms. The lowest BCUT2D eigenvalue weighted by Gasteiger charge is -2.20. The molecule has 1 aromatic rings. The average Bonchev–Trinajstić information content (AvgIpc) is 3.00. The maximum Gasteiger partial charge on any atom is 0.264 e. The smallest absolute Gasteiger partial charge is 0.264 e. The largest absolute Gasteiger partial charge is 0.361 e. The Balaban J connectivity index is 2.34. The molecule has 0 spiro atoms. The molecule has 0 unspecified atom stereocenters. The van der Waals surface area contributed by atoms with Gasteiger partial charge < -0.3 is 4.74 Å². The van der Waals surface area contributed by atoms with Crippen LogP contribution in [0, 0.1) is 11.6 Å². The van der Waals surface area contributed by atoms with E-state index in [0.29, 0.717) is 0 Å². The summed E-state index contributed by atoms with van der Waals surface area (Å²) in [6.07, 6.45) is -0.0366. The highest BCUT2D eigenvalue weighted by Crippen LogP contribution is 2.44. The minimum atomic E-state index is -3.69. The fourth-order valence-electron chi connectivity index (χ4n) is 1.85. The SMILES string of the molecule is C[C@@H](OS(C)(=O)=O)[C@]1(c2cc(F)ccc2F)CO1. The van der Waals surface area contributed by atoms with Crippen molar-refractivity contribution >= 4 is 10.1 Å². The number of rotatable bonds is 4. The summed E-state index contributed by atoms with van der Waals surface area (Å²) < 4.78 is 58.8. The van der Waals surface area contributed by atoms with E-state index < -0.39 is 33.5 Å². The summed E-state index contributed by atoms with van der Waals surface area (Å²) in [6.45, 7) is 1.53. The molecule has 0 bridgehead atoms. The quantitative estimate of drug-likeness (QED) is 0.619. The normalized spacial score (nSPS) is 24.9. The number of epoxide rings is 1. The van der Waals surface area contributed by atoms with E-state index in [1.165, 1.54) is 6.92 Å². The van der Waals surface area contributed by atoms with Crippen LogP contribution in [0.3, 0.4) is 0 Å². The predicted molar refractivity (Wildman–Crippen MR) is 59.4 cm³/mol. The Bertz CT molecular complexity index is 566. The van der Waals surface area contributed by atoms with Crippen molar-refractivity contribution in [1.82, 2.24) is 0 Å². The highest BCUT2D eigenvalue weighted by atomic mass is 32.2. The van der Waals surface area contributed by atoms with Gasteiger partial charge in [0.05, 0.1) is 12.9 Å². The summed E-state index contributed by atoms with van der Waals surface area (Å²) in [5.41, 5.74) is -1.26. The molecular weight excluding hydrogens is 266 g/mol. The summed E-state index contributed by atoms with van der Waals surface area (Å²) in [6, 6.07) is 2.95. The van der Waals surface area contributed by atoms with Crippen LogP contribution < -0.4 is 0 Å². The standard InChI is InChI=1S/C11H12F2O4S/c1-7(17-18(2,14)15)11(6-16-11)9-5-8(12)3-4-10(9)13/h3-5,7H,6H2,1-2H3/t7-,11+/m1/s1. The van der Waals surface area contributed by atoms with Crippen LogP contribution in [0.15, 0.2) is 18.2 Å². The number of ether oxygens (including phenoxy) is 1. The molecule has 1 aromatic carbocycles. The van der Waals surface area contributed by atoms with Gasteiger partial charge >= 0.3 is 0 Å². The molecule has 1 aliphatic heterocycles. The van der Waals surface area contributed by atoms with Gasteiger partial charge in [-0.15, -0.1) is 0 Å². The molecule has 1 saturated heterocycles. The molecule has 1 aliphatic rings. The van der Waals surface area contributed by atoms with E-state index in [1.54, 1.807) is 0 Å². The summed E-state index contributed by atoms with van der Waals surface area (Å²) >= 11 is 0. The minimum Gasteiger partial charge on any atom is -0.361 e. The zero-order valence-electron chi connectivity index (χ0n) is 9.81. The Labute approximate surface area is 104 Å². The van der Waals surface area contributed by atoms with Gasteiger partial charge in [-0.25, -0.2) is 8.78 Å². The number of halogens is 2. The summed E-state index contributed by atoms with van der Waals surface area (Å²) in [4.78, 5) is 0. The van der Waals surface area contributed by atoms with Crippen LogP contribution in [0.5, 0.6) is 0 Å². The molecule has 2 rings (SSSR count). The Morgan fingerprint density at radius 1 is 1.44 bits per heavy atom. The van der Waals surface area contributed by atoms with Gasteiger partial charge in [0.15, 0.2) is 0 Å². The van der Waals surface area contributed by atoms with Gasteiger partial charge in [0.25, 0.3) is 10.1 Å². The maximum absolute atomic E-state index is 13.6. The van der Waals surface area contributed by atoms with Crippen LogP contribution in [0.2, 0.25) is 0 Å². The van der Waals surface area contributed by atoms with E-state index in [1.807, 2.05) is 0 Å². The first-order valence-electron chi connectivity index (χ1n) is 5.22. The van der Waals surface area contributed by atoms with Crippen molar-refractivity contribution in [2.24, 2.45) is 0 Å². The molecule has 0 aliphatic carbocycles. The third-order valence-corrected chi connectivity index (χ3v) is 3.45. The Hall–Kier alpha value is -1.05. The zero-order chi connectivity index (χ0) is 13.6. The van der Waals surface area contributed by atoms with Gasteiger partial charge in [0.2, 0.25) is 0 Å². The molecule has 0 aromatic heterocycles. The van der Waals surface area contributed by atoms with Crippen molar-refractivity contribution < 1.29 is 26.1 Å². The molecular formula is C11H12F2O4S. The van der Waals surface area contributed by atoms with Crippen LogP contribution >= 0.6 is 0 Å². The summed E-state index contributed by atoms with van der Waals surface area (Å²) in [5, 5.41) is 0. The fraction of sp³-hybridized carbons (Fsp3) is 0.455. The average molecular weight is 278 g/mol. The molecule has 2 atom stereocenters. The van der Waals surface area contributed by atoms with Crippen LogP contribution in [0.25, 0.3) is 0 Å². The van der Waals surface area contributed by atoms with Crippen molar-refractivity contribution in [3.8, 4) is 0 Å².